The molecule has 2 heteroatoms. The SMILES string of the molecule is CC(C)(C)c1cccc(CP(C)(C)=O)c1. The third kappa shape index (κ3) is 4.22. The van der Waals surface area contributed by atoms with Crippen LogP contribution in [0.5, 0.6) is 0 Å². The summed E-state index contributed by atoms with van der Waals surface area (Å²) in [5.74, 6) is 0. The molecule has 0 aliphatic heterocycles. The van der Waals surface area contributed by atoms with E-state index in [2.05, 4.69) is 45.0 Å². The molecule has 84 valence electrons. The van der Waals surface area contributed by atoms with Gasteiger partial charge in [0.15, 0.2) is 0 Å². The largest absolute Gasteiger partial charge is 0.324 e. The minimum atomic E-state index is -1.96. The van der Waals surface area contributed by atoms with Gasteiger partial charge in [-0.15, -0.1) is 0 Å². The third-order valence-electron chi connectivity index (χ3n) is 2.36. The Balaban J connectivity index is 2.99. The molecular weight excluding hydrogens is 203 g/mol. The van der Waals surface area contributed by atoms with Crippen molar-refractivity contribution in [3.05, 3.63) is 35.4 Å². The normalized spacial score (nSPS) is 12.9. The molecule has 0 atom stereocenters. The highest BCUT2D eigenvalue weighted by Crippen LogP contribution is 2.40. The van der Waals surface area contributed by atoms with E-state index in [0.717, 1.165) is 0 Å². The van der Waals surface area contributed by atoms with Crippen LogP contribution in [0.2, 0.25) is 0 Å². The maximum absolute atomic E-state index is 11.7. The summed E-state index contributed by atoms with van der Waals surface area (Å²) in [6.45, 7) is 10.3. The Kier molecular flexibility index (Phi) is 3.45. The monoisotopic (exact) mass is 224 g/mol. The summed E-state index contributed by atoms with van der Waals surface area (Å²) in [7, 11) is -1.96. The zero-order chi connectivity index (χ0) is 11.7. The Bertz CT molecular complexity index is 382. The minimum absolute atomic E-state index is 0.168. The molecule has 0 bridgehead atoms. The summed E-state index contributed by atoms with van der Waals surface area (Å²) in [5, 5.41) is 0. The zero-order valence-corrected chi connectivity index (χ0v) is 11.3. The van der Waals surface area contributed by atoms with E-state index in [1.807, 2.05) is 13.3 Å². The molecule has 0 spiro atoms. The Hall–Kier alpha value is -0.550. The fraction of sp³-hybridized carbons (Fsp3) is 0.538. The second-order valence-electron chi connectivity index (χ2n) is 5.68. The topological polar surface area (TPSA) is 17.1 Å². The van der Waals surface area contributed by atoms with E-state index in [0.29, 0.717) is 6.16 Å². The molecule has 0 fully saturated rings. The van der Waals surface area contributed by atoms with Gasteiger partial charge in [0.2, 0.25) is 0 Å². The summed E-state index contributed by atoms with van der Waals surface area (Å²) < 4.78 is 11.7. The molecule has 0 aliphatic carbocycles. The summed E-state index contributed by atoms with van der Waals surface area (Å²) in [6.07, 6.45) is 0.705. The maximum atomic E-state index is 11.7. The summed E-state index contributed by atoms with van der Waals surface area (Å²) in [5.41, 5.74) is 2.67. The summed E-state index contributed by atoms with van der Waals surface area (Å²) >= 11 is 0. The van der Waals surface area contributed by atoms with Crippen molar-refractivity contribution in [3.63, 3.8) is 0 Å². The van der Waals surface area contributed by atoms with E-state index < -0.39 is 7.14 Å². The van der Waals surface area contributed by atoms with E-state index in [4.69, 9.17) is 0 Å². The predicted molar refractivity (Wildman–Crippen MR) is 68.3 cm³/mol. The number of benzene rings is 1. The zero-order valence-electron chi connectivity index (χ0n) is 10.4. The van der Waals surface area contributed by atoms with E-state index in [-0.39, 0.29) is 5.41 Å². The molecular formula is C13H21OP. The van der Waals surface area contributed by atoms with Crippen molar-refractivity contribution in [2.75, 3.05) is 13.3 Å². The van der Waals surface area contributed by atoms with Crippen molar-refractivity contribution >= 4 is 7.14 Å². The van der Waals surface area contributed by atoms with Gasteiger partial charge in [-0.05, 0) is 29.9 Å². The van der Waals surface area contributed by atoms with E-state index in [1.54, 1.807) is 0 Å². The van der Waals surface area contributed by atoms with E-state index in [1.165, 1.54) is 11.1 Å². The molecule has 0 amide bonds. The standard InChI is InChI=1S/C13H21OP/c1-13(2,3)12-8-6-7-11(9-12)10-15(4,5)14/h6-9H,10H2,1-5H3. The number of hydrogen-bond acceptors (Lipinski definition) is 1. The Morgan fingerprint density at radius 3 is 2.27 bits per heavy atom. The smallest absolute Gasteiger partial charge is 0.0861 e. The first-order valence-electron chi connectivity index (χ1n) is 5.32. The van der Waals surface area contributed by atoms with Crippen molar-refractivity contribution < 1.29 is 4.57 Å². The average Bonchev–Trinajstić information content (AvgIpc) is 1.99. The van der Waals surface area contributed by atoms with Gasteiger partial charge in [-0.3, -0.25) is 0 Å². The van der Waals surface area contributed by atoms with Gasteiger partial charge in [0.05, 0.1) is 7.14 Å². The molecule has 0 heterocycles. The van der Waals surface area contributed by atoms with Crippen LogP contribution >= 0.6 is 7.14 Å². The number of hydrogen-bond donors (Lipinski definition) is 0. The van der Waals surface area contributed by atoms with Gasteiger partial charge in [0, 0.05) is 6.16 Å². The van der Waals surface area contributed by atoms with E-state index >= 15 is 0 Å². The van der Waals surface area contributed by atoms with Crippen LogP contribution in [0.4, 0.5) is 0 Å². The fourth-order valence-corrected chi connectivity index (χ4v) is 2.65. The van der Waals surface area contributed by atoms with Crippen LogP contribution in [0.3, 0.4) is 0 Å². The molecule has 0 unspecified atom stereocenters. The Morgan fingerprint density at radius 1 is 1.20 bits per heavy atom. The van der Waals surface area contributed by atoms with Gasteiger partial charge < -0.3 is 4.57 Å². The summed E-state index contributed by atoms with van der Waals surface area (Å²) in [4.78, 5) is 0. The minimum Gasteiger partial charge on any atom is -0.324 e. The van der Waals surface area contributed by atoms with Crippen molar-refractivity contribution in [1.82, 2.24) is 0 Å². The molecule has 0 aromatic heterocycles. The lowest BCUT2D eigenvalue weighted by atomic mass is 9.86. The van der Waals surface area contributed by atoms with E-state index in [9.17, 15) is 4.57 Å². The average molecular weight is 224 g/mol. The van der Waals surface area contributed by atoms with Crippen LogP contribution in [-0.4, -0.2) is 13.3 Å². The fourth-order valence-electron chi connectivity index (χ4n) is 1.58. The quantitative estimate of drug-likeness (QED) is 0.691. The molecule has 0 radical (unpaired) electrons. The lowest BCUT2D eigenvalue weighted by Crippen LogP contribution is -2.11. The van der Waals surface area contributed by atoms with Crippen molar-refractivity contribution in [2.45, 2.75) is 32.3 Å². The van der Waals surface area contributed by atoms with Crippen LogP contribution in [-0.2, 0) is 16.1 Å². The second-order valence-corrected chi connectivity index (χ2v) is 9.15. The molecule has 0 aliphatic rings. The van der Waals surface area contributed by atoms with Crippen molar-refractivity contribution in [1.29, 1.82) is 0 Å². The number of rotatable bonds is 2. The molecule has 0 saturated heterocycles. The van der Waals surface area contributed by atoms with Crippen LogP contribution in [0, 0.1) is 0 Å². The van der Waals surface area contributed by atoms with Crippen molar-refractivity contribution in [3.8, 4) is 0 Å². The first-order valence-corrected chi connectivity index (χ1v) is 8.10. The lowest BCUT2D eigenvalue weighted by Gasteiger charge is -2.20. The first-order chi connectivity index (χ1) is 6.68. The lowest BCUT2D eigenvalue weighted by molar-refractivity contribution is 0.580. The van der Waals surface area contributed by atoms with Gasteiger partial charge in [-0.25, -0.2) is 0 Å². The predicted octanol–water partition coefficient (Wildman–Crippen LogP) is 4.11. The van der Waals surface area contributed by atoms with Crippen LogP contribution < -0.4 is 0 Å². The second kappa shape index (κ2) is 4.14. The molecule has 15 heavy (non-hydrogen) atoms. The highest BCUT2D eigenvalue weighted by molar-refractivity contribution is 7.61. The van der Waals surface area contributed by atoms with Crippen LogP contribution in [0.1, 0.15) is 31.9 Å². The van der Waals surface area contributed by atoms with Crippen LogP contribution in [0.15, 0.2) is 24.3 Å². The molecule has 1 rings (SSSR count). The highest BCUT2D eigenvalue weighted by atomic mass is 31.2. The molecule has 1 aromatic carbocycles. The molecule has 0 N–H and O–H groups in total. The highest BCUT2D eigenvalue weighted by Gasteiger charge is 2.15. The molecule has 1 aromatic rings. The molecule has 0 saturated carbocycles. The van der Waals surface area contributed by atoms with Crippen molar-refractivity contribution in [2.24, 2.45) is 0 Å². The summed E-state index contributed by atoms with van der Waals surface area (Å²) in [6, 6.07) is 8.44. The van der Waals surface area contributed by atoms with Gasteiger partial charge in [0.25, 0.3) is 0 Å². The first kappa shape index (κ1) is 12.5. The Labute approximate surface area is 93.3 Å². The van der Waals surface area contributed by atoms with Gasteiger partial charge in [-0.2, -0.15) is 0 Å². The van der Waals surface area contributed by atoms with Gasteiger partial charge in [-0.1, -0.05) is 45.0 Å². The molecule has 1 nitrogen and oxygen atoms in total. The Morgan fingerprint density at radius 2 is 1.80 bits per heavy atom. The maximum Gasteiger partial charge on any atom is 0.0861 e. The third-order valence-corrected chi connectivity index (χ3v) is 3.48. The van der Waals surface area contributed by atoms with Crippen LogP contribution in [0.25, 0.3) is 0 Å². The van der Waals surface area contributed by atoms with Gasteiger partial charge >= 0.3 is 0 Å². The van der Waals surface area contributed by atoms with Gasteiger partial charge in [0.1, 0.15) is 0 Å².